The van der Waals surface area contributed by atoms with Crippen LogP contribution in [0, 0.1) is 11.6 Å². The number of hydrogen-bond donors (Lipinski definition) is 1. The van der Waals surface area contributed by atoms with Crippen molar-refractivity contribution in [1.29, 1.82) is 0 Å². The molecule has 0 saturated carbocycles. The summed E-state index contributed by atoms with van der Waals surface area (Å²) in [6.07, 6.45) is 1.69. The van der Waals surface area contributed by atoms with Crippen molar-refractivity contribution in [2.75, 3.05) is 7.11 Å². The second-order valence-corrected chi connectivity index (χ2v) is 4.09. The summed E-state index contributed by atoms with van der Waals surface area (Å²) in [6.45, 7) is 0.954. The highest BCUT2D eigenvalue weighted by molar-refractivity contribution is 5.19. The van der Waals surface area contributed by atoms with Crippen LogP contribution in [0.2, 0.25) is 0 Å². The molecule has 1 heterocycles. The molecule has 0 fully saturated rings. The van der Waals surface area contributed by atoms with Crippen LogP contribution in [0.15, 0.2) is 36.5 Å². The van der Waals surface area contributed by atoms with Gasteiger partial charge in [-0.25, -0.2) is 13.8 Å². The van der Waals surface area contributed by atoms with E-state index < -0.39 is 11.6 Å². The van der Waals surface area contributed by atoms with E-state index in [4.69, 9.17) is 4.74 Å². The predicted molar refractivity (Wildman–Crippen MR) is 67.7 cm³/mol. The fourth-order valence-corrected chi connectivity index (χ4v) is 1.70. The molecule has 100 valence electrons. The second kappa shape index (κ2) is 6.24. The molecule has 1 aromatic carbocycles. The topological polar surface area (TPSA) is 34.1 Å². The average molecular weight is 264 g/mol. The van der Waals surface area contributed by atoms with Crippen molar-refractivity contribution < 1.29 is 13.5 Å². The molecule has 2 rings (SSSR count). The average Bonchev–Trinajstić information content (AvgIpc) is 2.38. The van der Waals surface area contributed by atoms with Gasteiger partial charge in [0.2, 0.25) is 5.88 Å². The maximum absolute atomic E-state index is 13.0. The first-order valence-electron chi connectivity index (χ1n) is 5.82. The van der Waals surface area contributed by atoms with Crippen LogP contribution in [0.4, 0.5) is 8.78 Å². The van der Waals surface area contributed by atoms with Crippen LogP contribution >= 0.6 is 0 Å². The van der Waals surface area contributed by atoms with Crippen LogP contribution in [-0.2, 0) is 13.1 Å². The van der Waals surface area contributed by atoms with Gasteiger partial charge >= 0.3 is 0 Å². The summed E-state index contributed by atoms with van der Waals surface area (Å²) < 4.78 is 30.9. The Hall–Kier alpha value is -2.01. The van der Waals surface area contributed by atoms with Gasteiger partial charge in [0.05, 0.1) is 7.11 Å². The maximum Gasteiger partial charge on any atom is 0.212 e. The largest absolute Gasteiger partial charge is 0.481 e. The fourth-order valence-electron chi connectivity index (χ4n) is 1.70. The van der Waals surface area contributed by atoms with E-state index in [1.807, 2.05) is 6.07 Å². The van der Waals surface area contributed by atoms with Crippen molar-refractivity contribution >= 4 is 0 Å². The summed E-state index contributed by atoms with van der Waals surface area (Å²) in [5.74, 6) is -0.582. The first kappa shape index (κ1) is 13.4. The lowest BCUT2D eigenvalue weighted by Gasteiger charge is -2.06. The molecule has 5 heteroatoms. The summed E-state index contributed by atoms with van der Waals surface area (Å²) in [7, 11) is 1.55. The molecule has 1 aromatic heterocycles. The van der Waals surface area contributed by atoms with E-state index in [0.717, 1.165) is 11.6 Å². The molecule has 0 amide bonds. The monoisotopic (exact) mass is 264 g/mol. The zero-order valence-electron chi connectivity index (χ0n) is 10.5. The van der Waals surface area contributed by atoms with Gasteiger partial charge in [0.1, 0.15) is 11.6 Å². The minimum Gasteiger partial charge on any atom is -0.481 e. The van der Waals surface area contributed by atoms with Crippen molar-refractivity contribution in [3.63, 3.8) is 0 Å². The van der Waals surface area contributed by atoms with Crippen LogP contribution in [-0.4, -0.2) is 12.1 Å². The maximum atomic E-state index is 13.0. The summed E-state index contributed by atoms with van der Waals surface area (Å²) in [6, 6.07) is 7.12. The Morgan fingerprint density at radius 3 is 2.32 bits per heavy atom. The number of nitrogens with zero attached hydrogens (tertiary/aromatic N) is 1. The third-order valence-electron chi connectivity index (χ3n) is 2.59. The van der Waals surface area contributed by atoms with Crippen LogP contribution < -0.4 is 10.1 Å². The highest BCUT2D eigenvalue weighted by Gasteiger charge is 2.01. The predicted octanol–water partition coefficient (Wildman–Crippen LogP) is 2.66. The van der Waals surface area contributed by atoms with Gasteiger partial charge < -0.3 is 10.1 Å². The van der Waals surface area contributed by atoms with Crippen molar-refractivity contribution in [2.24, 2.45) is 0 Å². The van der Waals surface area contributed by atoms with E-state index in [1.165, 1.54) is 12.1 Å². The molecule has 19 heavy (non-hydrogen) atoms. The Bertz CT molecular complexity index is 523. The number of aromatic nitrogens is 1. The van der Waals surface area contributed by atoms with Crippen molar-refractivity contribution in [3.05, 3.63) is 59.3 Å². The number of rotatable bonds is 5. The summed E-state index contributed by atoms with van der Waals surface area (Å²) in [5, 5.41) is 3.10. The van der Waals surface area contributed by atoms with E-state index in [2.05, 4.69) is 10.3 Å². The Balaban J connectivity index is 1.88. The molecule has 0 aliphatic rings. The van der Waals surface area contributed by atoms with Crippen molar-refractivity contribution in [1.82, 2.24) is 10.3 Å². The molecular formula is C14H14F2N2O. The minimum atomic E-state index is -0.567. The molecule has 0 radical (unpaired) electrons. The normalized spacial score (nSPS) is 10.5. The van der Waals surface area contributed by atoms with Gasteiger partial charge in [-0.2, -0.15) is 0 Å². The lowest BCUT2D eigenvalue weighted by atomic mass is 10.2. The lowest BCUT2D eigenvalue weighted by Crippen LogP contribution is -2.13. The summed E-state index contributed by atoms with van der Waals surface area (Å²) in [4.78, 5) is 4.07. The number of hydrogen-bond acceptors (Lipinski definition) is 3. The second-order valence-electron chi connectivity index (χ2n) is 4.09. The zero-order chi connectivity index (χ0) is 13.7. The van der Waals surface area contributed by atoms with E-state index in [-0.39, 0.29) is 0 Å². The molecule has 0 aliphatic heterocycles. The van der Waals surface area contributed by atoms with Gasteiger partial charge in [0, 0.05) is 31.4 Å². The molecule has 0 saturated heterocycles. The minimum absolute atomic E-state index is 0.390. The third-order valence-corrected chi connectivity index (χ3v) is 2.59. The zero-order valence-corrected chi connectivity index (χ0v) is 10.5. The molecule has 0 unspecified atom stereocenters. The van der Waals surface area contributed by atoms with Crippen LogP contribution in [0.1, 0.15) is 11.1 Å². The molecule has 0 bridgehead atoms. The number of nitrogens with one attached hydrogen (secondary N) is 1. The van der Waals surface area contributed by atoms with Crippen LogP contribution in [0.5, 0.6) is 5.88 Å². The molecule has 0 spiro atoms. The summed E-state index contributed by atoms with van der Waals surface area (Å²) in [5.41, 5.74) is 1.54. The molecule has 0 aliphatic carbocycles. The smallest absolute Gasteiger partial charge is 0.212 e. The van der Waals surface area contributed by atoms with Gasteiger partial charge in [-0.05, 0) is 23.3 Å². The van der Waals surface area contributed by atoms with Gasteiger partial charge in [-0.15, -0.1) is 0 Å². The first-order valence-corrected chi connectivity index (χ1v) is 5.82. The Morgan fingerprint density at radius 1 is 1.05 bits per heavy atom. The highest BCUT2D eigenvalue weighted by atomic mass is 19.1. The fraction of sp³-hybridized carbons (Fsp3) is 0.214. The number of benzene rings is 1. The molecular weight excluding hydrogens is 250 g/mol. The molecule has 0 atom stereocenters. The summed E-state index contributed by atoms with van der Waals surface area (Å²) >= 11 is 0. The Labute approximate surface area is 110 Å². The SMILES string of the molecule is COc1ccc(CNCc2cc(F)cc(F)c2)cn1. The van der Waals surface area contributed by atoms with Gasteiger partial charge in [0.15, 0.2) is 0 Å². The number of pyridine rings is 1. The molecule has 2 aromatic rings. The van der Waals surface area contributed by atoms with E-state index >= 15 is 0 Å². The molecule has 3 nitrogen and oxygen atoms in total. The van der Waals surface area contributed by atoms with Gasteiger partial charge in [0.25, 0.3) is 0 Å². The lowest BCUT2D eigenvalue weighted by molar-refractivity contribution is 0.397. The van der Waals surface area contributed by atoms with Gasteiger partial charge in [-0.1, -0.05) is 6.07 Å². The number of halogens is 2. The highest BCUT2D eigenvalue weighted by Crippen LogP contribution is 2.09. The van der Waals surface area contributed by atoms with E-state index in [9.17, 15) is 8.78 Å². The standard InChI is InChI=1S/C14H14F2N2O/c1-19-14-3-2-10(9-18-14)7-17-8-11-4-12(15)6-13(16)5-11/h2-6,9,17H,7-8H2,1H3. The van der Waals surface area contributed by atoms with Crippen molar-refractivity contribution in [3.8, 4) is 5.88 Å². The molecule has 1 N–H and O–H groups in total. The van der Waals surface area contributed by atoms with Crippen LogP contribution in [0.3, 0.4) is 0 Å². The van der Waals surface area contributed by atoms with E-state index in [0.29, 0.717) is 24.5 Å². The Morgan fingerprint density at radius 2 is 1.74 bits per heavy atom. The van der Waals surface area contributed by atoms with Gasteiger partial charge in [-0.3, -0.25) is 0 Å². The van der Waals surface area contributed by atoms with Crippen LogP contribution in [0.25, 0.3) is 0 Å². The first-order chi connectivity index (χ1) is 9.17. The van der Waals surface area contributed by atoms with Crippen molar-refractivity contribution in [2.45, 2.75) is 13.1 Å². The van der Waals surface area contributed by atoms with E-state index in [1.54, 1.807) is 19.4 Å². The number of ether oxygens (including phenoxy) is 1. The Kier molecular flexibility index (Phi) is 4.41. The quantitative estimate of drug-likeness (QED) is 0.901. The third kappa shape index (κ3) is 3.99. The number of methoxy groups -OCH3 is 1.